The zero-order valence-electron chi connectivity index (χ0n) is 10.1. The van der Waals surface area contributed by atoms with Crippen molar-refractivity contribution in [2.75, 3.05) is 12.4 Å². The standard InChI is InChI=1S/C13H11BrN2O3/c1-19-11-5-8(14)4-10(6-11)16-9-2-3-12(13(17)18)15-7-9/h2-7,16H,1H3,(H,17,18). The van der Waals surface area contributed by atoms with Gasteiger partial charge in [0.2, 0.25) is 0 Å². The summed E-state index contributed by atoms with van der Waals surface area (Å²) in [6.45, 7) is 0. The van der Waals surface area contributed by atoms with Crippen molar-refractivity contribution in [2.24, 2.45) is 0 Å². The fourth-order valence-corrected chi connectivity index (χ4v) is 1.99. The maximum atomic E-state index is 10.7. The Morgan fingerprint density at radius 1 is 1.32 bits per heavy atom. The number of hydrogen-bond acceptors (Lipinski definition) is 4. The van der Waals surface area contributed by atoms with Crippen molar-refractivity contribution in [3.8, 4) is 5.75 Å². The number of halogens is 1. The summed E-state index contributed by atoms with van der Waals surface area (Å²) < 4.78 is 6.04. The van der Waals surface area contributed by atoms with Gasteiger partial charge in [0, 0.05) is 16.2 Å². The number of ether oxygens (including phenoxy) is 1. The van der Waals surface area contributed by atoms with E-state index in [1.165, 1.54) is 12.3 Å². The zero-order valence-corrected chi connectivity index (χ0v) is 11.6. The first kappa shape index (κ1) is 13.4. The molecule has 2 rings (SSSR count). The van der Waals surface area contributed by atoms with Crippen molar-refractivity contribution >= 4 is 33.3 Å². The molecule has 0 amide bonds. The molecule has 0 aliphatic carbocycles. The summed E-state index contributed by atoms with van der Waals surface area (Å²) in [6, 6.07) is 8.66. The lowest BCUT2D eigenvalue weighted by molar-refractivity contribution is 0.0690. The van der Waals surface area contributed by atoms with Gasteiger partial charge in [-0.05, 0) is 24.3 Å². The van der Waals surface area contributed by atoms with Crippen LogP contribution in [0.3, 0.4) is 0 Å². The number of hydrogen-bond donors (Lipinski definition) is 2. The average molecular weight is 323 g/mol. The topological polar surface area (TPSA) is 71.5 Å². The second-order valence-corrected chi connectivity index (χ2v) is 4.66. The van der Waals surface area contributed by atoms with Crippen LogP contribution in [0.2, 0.25) is 0 Å². The molecule has 6 heteroatoms. The number of anilines is 2. The molecule has 2 aromatic rings. The summed E-state index contributed by atoms with van der Waals surface area (Å²) in [4.78, 5) is 14.5. The Morgan fingerprint density at radius 3 is 2.68 bits per heavy atom. The number of nitrogens with zero attached hydrogens (tertiary/aromatic N) is 1. The first-order valence-electron chi connectivity index (χ1n) is 5.39. The summed E-state index contributed by atoms with van der Waals surface area (Å²) in [6.07, 6.45) is 1.47. The number of carboxylic acid groups (broad SMARTS) is 1. The van der Waals surface area contributed by atoms with Crippen molar-refractivity contribution in [3.05, 3.63) is 46.7 Å². The van der Waals surface area contributed by atoms with Gasteiger partial charge in [0.05, 0.1) is 19.0 Å². The lowest BCUT2D eigenvalue weighted by Gasteiger charge is -2.09. The van der Waals surface area contributed by atoms with Gasteiger partial charge in [-0.1, -0.05) is 15.9 Å². The van der Waals surface area contributed by atoms with E-state index in [0.29, 0.717) is 11.4 Å². The highest BCUT2D eigenvalue weighted by Crippen LogP contribution is 2.26. The van der Waals surface area contributed by atoms with E-state index in [9.17, 15) is 4.79 Å². The fraction of sp³-hybridized carbons (Fsp3) is 0.0769. The normalized spacial score (nSPS) is 10.0. The Labute approximate surface area is 118 Å². The van der Waals surface area contributed by atoms with E-state index >= 15 is 0 Å². The lowest BCUT2D eigenvalue weighted by Crippen LogP contribution is -2.00. The van der Waals surface area contributed by atoms with Gasteiger partial charge in [0.1, 0.15) is 11.4 Å². The van der Waals surface area contributed by atoms with E-state index in [2.05, 4.69) is 26.2 Å². The second kappa shape index (κ2) is 5.71. The molecule has 0 unspecified atom stereocenters. The highest BCUT2D eigenvalue weighted by molar-refractivity contribution is 9.10. The van der Waals surface area contributed by atoms with Crippen LogP contribution in [-0.4, -0.2) is 23.2 Å². The molecule has 0 bridgehead atoms. The van der Waals surface area contributed by atoms with Crippen LogP contribution in [0, 0.1) is 0 Å². The van der Waals surface area contributed by atoms with Gasteiger partial charge in [-0.3, -0.25) is 0 Å². The number of benzene rings is 1. The van der Waals surface area contributed by atoms with E-state index in [1.807, 2.05) is 18.2 Å². The number of aromatic nitrogens is 1. The van der Waals surface area contributed by atoms with Gasteiger partial charge in [-0.25, -0.2) is 9.78 Å². The summed E-state index contributed by atoms with van der Waals surface area (Å²) in [7, 11) is 1.59. The van der Waals surface area contributed by atoms with Crippen LogP contribution in [-0.2, 0) is 0 Å². The number of pyridine rings is 1. The van der Waals surface area contributed by atoms with Gasteiger partial charge in [-0.2, -0.15) is 0 Å². The number of aromatic carboxylic acids is 1. The quantitative estimate of drug-likeness (QED) is 0.903. The van der Waals surface area contributed by atoms with Crippen molar-refractivity contribution in [1.82, 2.24) is 4.98 Å². The summed E-state index contributed by atoms with van der Waals surface area (Å²) in [5.41, 5.74) is 1.53. The minimum absolute atomic E-state index is 0.0115. The molecule has 0 aliphatic rings. The molecule has 98 valence electrons. The Hall–Kier alpha value is -2.08. The largest absolute Gasteiger partial charge is 0.497 e. The molecule has 1 heterocycles. The molecule has 1 aromatic carbocycles. The van der Waals surface area contributed by atoms with Crippen molar-refractivity contribution in [3.63, 3.8) is 0 Å². The van der Waals surface area contributed by atoms with Crippen LogP contribution < -0.4 is 10.1 Å². The van der Waals surface area contributed by atoms with Crippen LogP contribution in [0.5, 0.6) is 5.75 Å². The monoisotopic (exact) mass is 322 g/mol. The van der Waals surface area contributed by atoms with Gasteiger partial charge >= 0.3 is 5.97 Å². The first-order chi connectivity index (χ1) is 9.08. The Balaban J connectivity index is 2.21. The van der Waals surface area contributed by atoms with E-state index in [-0.39, 0.29) is 5.69 Å². The maximum Gasteiger partial charge on any atom is 0.354 e. The minimum atomic E-state index is -1.05. The fourth-order valence-electron chi connectivity index (χ4n) is 1.51. The number of carboxylic acids is 1. The van der Waals surface area contributed by atoms with Crippen LogP contribution in [0.15, 0.2) is 41.0 Å². The smallest absolute Gasteiger partial charge is 0.354 e. The van der Waals surface area contributed by atoms with Crippen LogP contribution in [0.25, 0.3) is 0 Å². The molecular weight excluding hydrogens is 312 g/mol. The number of nitrogens with one attached hydrogen (secondary N) is 1. The van der Waals surface area contributed by atoms with Gasteiger partial charge < -0.3 is 15.2 Å². The number of carbonyl (C=O) groups is 1. The van der Waals surface area contributed by atoms with E-state index < -0.39 is 5.97 Å². The molecule has 1 aromatic heterocycles. The lowest BCUT2D eigenvalue weighted by atomic mass is 10.2. The second-order valence-electron chi connectivity index (χ2n) is 3.74. The van der Waals surface area contributed by atoms with Gasteiger partial charge in [-0.15, -0.1) is 0 Å². The van der Waals surface area contributed by atoms with E-state index in [0.717, 1.165) is 10.2 Å². The van der Waals surface area contributed by atoms with Gasteiger partial charge in [0.25, 0.3) is 0 Å². The predicted octanol–water partition coefficient (Wildman–Crippen LogP) is 3.29. The van der Waals surface area contributed by atoms with Crippen molar-refractivity contribution in [2.45, 2.75) is 0 Å². The van der Waals surface area contributed by atoms with Crippen LogP contribution in [0.4, 0.5) is 11.4 Å². The van der Waals surface area contributed by atoms with Crippen LogP contribution >= 0.6 is 15.9 Å². The summed E-state index contributed by atoms with van der Waals surface area (Å²) in [5, 5.41) is 11.9. The third kappa shape index (κ3) is 3.45. The van der Waals surface area contributed by atoms with Crippen molar-refractivity contribution in [1.29, 1.82) is 0 Å². The average Bonchev–Trinajstić information content (AvgIpc) is 2.38. The van der Waals surface area contributed by atoms with Gasteiger partial charge in [0.15, 0.2) is 0 Å². The molecule has 0 spiro atoms. The third-order valence-corrected chi connectivity index (χ3v) is 2.84. The molecule has 0 fully saturated rings. The number of methoxy groups -OCH3 is 1. The highest BCUT2D eigenvalue weighted by atomic mass is 79.9. The Kier molecular flexibility index (Phi) is 4.01. The van der Waals surface area contributed by atoms with E-state index in [1.54, 1.807) is 13.2 Å². The van der Waals surface area contributed by atoms with Crippen LogP contribution in [0.1, 0.15) is 10.5 Å². The third-order valence-electron chi connectivity index (χ3n) is 2.38. The molecule has 0 saturated heterocycles. The SMILES string of the molecule is COc1cc(Br)cc(Nc2ccc(C(=O)O)nc2)c1. The summed E-state index contributed by atoms with van der Waals surface area (Å²) >= 11 is 3.38. The Bertz CT molecular complexity index is 599. The molecule has 0 radical (unpaired) electrons. The van der Waals surface area contributed by atoms with E-state index in [4.69, 9.17) is 9.84 Å². The molecule has 2 N–H and O–H groups in total. The molecule has 19 heavy (non-hydrogen) atoms. The molecule has 5 nitrogen and oxygen atoms in total. The molecule has 0 saturated carbocycles. The minimum Gasteiger partial charge on any atom is -0.497 e. The molecular formula is C13H11BrN2O3. The Morgan fingerprint density at radius 2 is 2.11 bits per heavy atom. The zero-order chi connectivity index (χ0) is 13.8. The van der Waals surface area contributed by atoms with Crippen molar-refractivity contribution < 1.29 is 14.6 Å². The predicted molar refractivity (Wildman–Crippen MR) is 75.2 cm³/mol. The summed E-state index contributed by atoms with van der Waals surface area (Å²) in [5.74, 6) is -0.331. The number of rotatable bonds is 4. The first-order valence-corrected chi connectivity index (χ1v) is 6.19. The molecule has 0 atom stereocenters. The molecule has 0 aliphatic heterocycles. The maximum absolute atomic E-state index is 10.7. The highest BCUT2D eigenvalue weighted by Gasteiger charge is 2.04.